The lowest BCUT2D eigenvalue weighted by atomic mass is 10.2. The quantitative estimate of drug-likeness (QED) is 0.452. The molecule has 0 amide bonds. The Kier molecular flexibility index (Phi) is 5.68. The third kappa shape index (κ3) is 6.07. The highest BCUT2D eigenvalue weighted by Gasteiger charge is 2.27. The standard InChI is InChI=1S/C12H13F3O2S/c1-9(16)10-2-4-11(5-3-10)18-7-6-17-8-12(13,14)15/h2-5H,6-8H2,1H3. The van der Waals surface area contributed by atoms with E-state index in [9.17, 15) is 18.0 Å². The van der Waals surface area contributed by atoms with Crippen molar-refractivity contribution in [3.63, 3.8) is 0 Å². The van der Waals surface area contributed by atoms with Crippen LogP contribution in [-0.2, 0) is 4.74 Å². The molecule has 0 N–H and O–H groups in total. The van der Waals surface area contributed by atoms with Crippen LogP contribution in [0.3, 0.4) is 0 Å². The molecule has 0 fully saturated rings. The highest BCUT2D eigenvalue weighted by Crippen LogP contribution is 2.19. The predicted molar refractivity (Wildman–Crippen MR) is 64.0 cm³/mol. The number of carbonyl (C=O) groups excluding carboxylic acids is 1. The van der Waals surface area contributed by atoms with Crippen molar-refractivity contribution in [2.45, 2.75) is 18.0 Å². The lowest BCUT2D eigenvalue weighted by Gasteiger charge is -2.07. The van der Waals surface area contributed by atoms with Gasteiger partial charge < -0.3 is 4.74 Å². The molecule has 100 valence electrons. The molecule has 0 aliphatic heterocycles. The molecule has 0 unspecified atom stereocenters. The molecule has 0 saturated heterocycles. The van der Waals surface area contributed by atoms with E-state index < -0.39 is 12.8 Å². The van der Waals surface area contributed by atoms with E-state index in [0.29, 0.717) is 11.3 Å². The van der Waals surface area contributed by atoms with E-state index in [-0.39, 0.29) is 12.4 Å². The average molecular weight is 278 g/mol. The fourth-order valence-electron chi connectivity index (χ4n) is 1.19. The lowest BCUT2D eigenvalue weighted by molar-refractivity contribution is -0.172. The number of alkyl halides is 3. The minimum absolute atomic E-state index is 0.0138. The summed E-state index contributed by atoms with van der Waals surface area (Å²) in [6.45, 7) is 0.308. The van der Waals surface area contributed by atoms with Crippen LogP contribution < -0.4 is 0 Å². The maximum atomic E-state index is 11.8. The van der Waals surface area contributed by atoms with Gasteiger partial charge in [-0.2, -0.15) is 13.2 Å². The fourth-order valence-corrected chi connectivity index (χ4v) is 1.96. The number of ether oxygens (including phenoxy) is 1. The van der Waals surface area contributed by atoms with Crippen molar-refractivity contribution in [1.29, 1.82) is 0 Å². The number of Topliss-reactive ketones (excluding diaryl/α,β-unsaturated/α-hetero) is 1. The van der Waals surface area contributed by atoms with Gasteiger partial charge in [0, 0.05) is 16.2 Å². The first-order valence-electron chi connectivity index (χ1n) is 5.27. The van der Waals surface area contributed by atoms with E-state index in [1.807, 2.05) is 0 Å². The van der Waals surface area contributed by atoms with Crippen molar-refractivity contribution in [3.05, 3.63) is 29.8 Å². The summed E-state index contributed by atoms with van der Waals surface area (Å²) in [5, 5.41) is 0. The first-order chi connectivity index (χ1) is 8.38. The van der Waals surface area contributed by atoms with Crippen LogP contribution in [0.15, 0.2) is 29.2 Å². The molecular weight excluding hydrogens is 265 g/mol. The molecule has 0 bridgehead atoms. The third-order valence-corrected chi connectivity index (χ3v) is 3.00. The lowest BCUT2D eigenvalue weighted by Crippen LogP contribution is -2.17. The third-order valence-electron chi connectivity index (χ3n) is 2.02. The Morgan fingerprint density at radius 1 is 1.28 bits per heavy atom. The van der Waals surface area contributed by atoms with Crippen LogP contribution in [0.2, 0.25) is 0 Å². The molecule has 0 spiro atoms. The van der Waals surface area contributed by atoms with Gasteiger partial charge in [0.1, 0.15) is 6.61 Å². The van der Waals surface area contributed by atoms with Gasteiger partial charge >= 0.3 is 6.18 Å². The second kappa shape index (κ2) is 6.80. The zero-order valence-electron chi connectivity index (χ0n) is 9.79. The monoisotopic (exact) mass is 278 g/mol. The smallest absolute Gasteiger partial charge is 0.371 e. The van der Waals surface area contributed by atoms with Crippen molar-refractivity contribution in [1.82, 2.24) is 0 Å². The van der Waals surface area contributed by atoms with E-state index in [1.165, 1.54) is 18.7 Å². The topological polar surface area (TPSA) is 26.3 Å². The number of carbonyl (C=O) groups is 1. The Labute approximate surface area is 108 Å². The zero-order chi connectivity index (χ0) is 13.6. The molecular formula is C12H13F3O2S. The highest BCUT2D eigenvalue weighted by atomic mass is 32.2. The maximum Gasteiger partial charge on any atom is 0.411 e. The van der Waals surface area contributed by atoms with Crippen LogP contribution in [-0.4, -0.2) is 30.9 Å². The largest absolute Gasteiger partial charge is 0.411 e. The number of benzene rings is 1. The summed E-state index contributed by atoms with van der Waals surface area (Å²) in [5.74, 6) is 0.426. The molecule has 1 rings (SSSR count). The fraction of sp³-hybridized carbons (Fsp3) is 0.417. The molecule has 0 atom stereocenters. The number of halogens is 3. The number of ketones is 1. The molecule has 0 saturated carbocycles. The van der Waals surface area contributed by atoms with Crippen LogP contribution in [0.5, 0.6) is 0 Å². The molecule has 0 aliphatic rings. The summed E-state index contributed by atoms with van der Waals surface area (Å²) in [6.07, 6.45) is -4.27. The minimum atomic E-state index is -4.27. The van der Waals surface area contributed by atoms with Gasteiger partial charge in [-0.1, -0.05) is 12.1 Å². The maximum absolute atomic E-state index is 11.8. The van der Waals surface area contributed by atoms with Crippen molar-refractivity contribution in [2.24, 2.45) is 0 Å². The minimum Gasteiger partial charge on any atom is -0.371 e. The van der Waals surface area contributed by atoms with E-state index in [4.69, 9.17) is 0 Å². The molecule has 1 aromatic carbocycles. The normalized spacial score (nSPS) is 11.6. The van der Waals surface area contributed by atoms with E-state index in [2.05, 4.69) is 4.74 Å². The van der Waals surface area contributed by atoms with Crippen molar-refractivity contribution < 1.29 is 22.7 Å². The summed E-state index contributed by atoms with van der Waals surface area (Å²) >= 11 is 1.39. The summed E-state index contributed by atoms with van der Waals surface area (Å²) in [6, 6.07) is 6.93. The Morgan fingerprint density at radius 2 is 1.89 bits per heavy atom. The van der Waals surface area contributed by atoms with Crippen molar-refractivity contribution in [3.8, 4) is 0 Å². The molecule has 2 nitrogen and oxygen atoms in total. The van der Waals surface area contributed by atoms with Gasteiger partial charge in [0.15, 0.2) is 5.78 Å². The Morgan fingerprint density at radius 3 is 2.39 bits per heavy atom. The Hall–Kier alpha value is -1.01. The zero-order valence-corrected chi connectivity index (χ0v) is 10.6. The van der Waals surface area contributed by atoms with Crippen LogP contribution in [0.25, 0.3) is 0 Å². The van der Waals surface area contributed by atoms with Gasteiger partial charge in [-0.05, 0) is 19.1 Å². The van der Waals surface area contributed by atoms with Crippen molar-refractivity contribution >= 4 is 17.5 Å². The number of hydrogen-bond acceptors (Lipinski definition) is 3. The van der Waals surface area contributed by atoms with Gasteiger partial charge in [-0.15, -0.1) is 11.8 Å². The molecule has 18 heavy (non-hydrogen) atoms. The predicted octanol–water partition coefficient (Wildman–Crippen LogP) is 3.56. The van der Waals surface area contributed by atoms with E-state index in [0.717, 1.165) is 4.90 Å². The summed E-state index contributed by atoms with van der Waals surface area (Å²) in [5.41, 5.74) is 0.618. The van der Waals surface area contributed by atoms with E-state index >= 15 is 0 Å². The van der Waals surface area contributed by atoms with Gasteiger partial charge in [0.05, 0.1) is 6.61 Å². The first kappa shape index (κ1) is 15.0. The summed E-state index contributed by atoms with van der Waals surface area (Å²) in [7, 11) is 0. The number of hydrogen-bond donors (Lipinski definition) is 0. The first-order valence-corrected chi connectivity index (χ1v) is 6.25. The average Bonchev–Trinajstić information content (AvgIpc) is 2.27. The molecule has 0 aliphatic carbocycles. The molecule has 6 heteroatoms. The molecule has 1 aromatic rings. The van der Waals surface area contributed by atoms with E-state index in [1.54, 1.807) is 24.3 Å². The highest BCUT2D eigenvalue weighted by molar-refractivity contribution is 7.99. The molecule has 0 heterocycles. The summed E-state index contributed by atoms with van der Waals surface area (Å²) < 4.78 is 39.8. The van der Waals surface area contributed by atoms with Crippen LogP contribution in [0.1, 0.15) is 17.3 Å². The van der Waals surface area contributed by atoms with Gasteiger partial charge in [-0.3, -0.25) is 4.79 Å². The Bertz CT molecular complexity index is 387. The Balaban J connectivity index is 2.25. The second-order valence-corrected chi connectivity index (χ2v) is 4.77. The van der Waals surface area contributed by atoms with Crippen LogP contribution >= 0.6 is 11.8 Å². The summed E-state index contributed by atoms with van der Waals surface area (Å²) in [4.78, 5) is 11.9. The SMILES string of the molecule is CC(=O)c1ccc(SCCOCC(F)(F)F)cc1. The van der Waals surface area contributed by atoms with Gasteiger partial charge in [0.2, 0.25) is 0 Å². The van der Waals surface area contributed by atoms with Crippen LogP contribution in [0, 0.1) is 0 Å². The van der Waals surface area contributed by atoms with Gasteiger partial charge in [0.25, 0.3) is 0 Å². The number of thioether (sulfide) groups is 1. The second-order valence-electron chi connectivity index (χ2n) is 3.60. The molecule has 0 radical (unpaired) electrons. The van der Waals surface area contributed by atoms with Crippen molar-refractivity contribution in [2.75, 3.05) is 19.0 Å². The van der Waals surface area contributed by atoms with Gasteiger partial charge in [-0.25, -0.2) is 0 Å². The van der Waals surface area contributed by atoms with Crippen LogP contribution in [0.4, 0.5) is 13.2 Å². The molecule has 0 aromatic heterocycles. The number of rotatable bonds is 6.